The molecule has 0 atom stereocenters. The monoisotopic (exact) mass is 766 g/mol. The molecule has 2 nitrogen and oxygen atoms in total. The highest BCUT2D eigenvalue weighted by atomic mass is 32.1. The SMILES string of the molecule is CC.Cc1ccc2cc(-c3ccc4sc5c(-c6ccc(-c7ccccc7)cc6)nc(-c6ccccc6)nc5c4c3)ccc2c1.Cc1ccccc1-c1ccccc1C. The number of aromatic nitrogens is 2. The maximum Gasteiger partial charge on any atom is 0.160 e. The number of hydrogen-bond acceptors (Lipinski definition) is 3. The molecule has 0 bridgehead atoms. The number of hydrogen-bond donors (Lipinski definition) is 0. The van der Waals surface area contributed by atoms with E-state index in [9.17, 15) is 0 Å². The van der Waals surface area contributed by atoms with Crippen LogP contribution in [0.25, 0.3) is 87.1 Å². The minimum absolute atomic E-state index is 0.747. The molecule has 282 valence electrons. The number of benzene rings is 8. The third kappa shape index (κ3) is 7.95. The highest BCUT2D eigenvalue weighted by Gasteiger charge is 2.17. The summed E-state index contributed by atoms with van der Waals surface area (Å²) in [4.78, 5) is 10.3. The van der Waals surface area contributed by atoms with E-state index in [1.807, 2.05) is 38.1 Å². The van der Waals surface area contributed by atoms with Gasteiger partial charge in [-0.25, -0.2) is 9.97 Å². The zero-order chi connectivity index (χ0) is 40.0. The second kappa shape index (κ2) is 17.2. The number of nitrogens with zero attached hydrogens (tertiary/aromatic N) is 2. The van der Waals surface area contributed by atoms with Gasteiger partial charge in [-0.1, -0.05) is 189 Å². The normalized spacial score (nSPS) is 10.8. The standard InChI is InChI=1S/C39H26N2S.C14H14.C2H6/c1-25-12-13-31-23-32(19-18-30(31)22-25)33-20-21-35-34(24-33)37-38(42-35)36(40-39(41-37)29-10-6-3-7-11-29)28-16-14-27(15-17-28)26-8-4-2-5-9-26;1-11-7-3-5-9-13(11)14-10-6-4-8-12(14)2;1-2/h2-24H,1H3;3-10H,1-2H3;1-2H3. The van der Waals surface area contributed by atoms with Crippen LogP contribution in [-0.2, 0) is 0 Å². The number of thiophene rings is 1. The molecule has 58 heavy (non-hydrogen) atoms. The fraction of sp³-hybridized carbons (Fsp3) is 0.0909. The number of aryl methyl sites for hydroxylation is 3. The molecule has 8 aromatic carbocycles. The van der Waals surface area contributed by atoms with Crippen LogP contribution in [0.5, 0.6) is 0 Å². The Bertz CT molecular complexity index is 2940. The quantitative estimate of drug-likeness (QED) is 0.174. The van der Waals surface area contributed by atoms with Gasteiger partial charge in [0, 0.05) is 21.2 Å². The van der Waals surface area contributed by atoms with Gasteiger partial charge < -0.3 is 0 Å². The first-order valence-electron chi connectivity index (χ1n) is 20.1. The lowest BCUT2D eigenvalue weighted by molar-refractivity contribution is 1.24. The van der Waals surface area contributed by atoms with Crippen LogP contribution >= 0.6 is 11.3 Å². The van der Waals surface area contributed by atoms with Crippen molar-refractivity contribution in [2.75, 3.05) is 0 Å². The summed E-state index contributed by atoms with van der Waals surface area (Å²) in [6, 6.07) is 66.7. The van der Waals surface area contributed by atoms with Gasteiger partial charge in [-0.05, 0) is 94.3 Å². The third-order valence-electron chi connectivity index (χ3n) is 10.5. The van der Waals surface area contributed by atoms with Crippen molar-refractivity contribution in [3.05, 3.63) is 205 Å². The maximum absolute atomic E-state index is 5.18. The van der Waals surface area contributed by atoms with Crippen molar-refractivity contribution in [2.45, 2.75) is 34.6 Å². The molecular weight excluding hydrogens is 721 g/mol. The van der Waals surface area contributed by atoms with E-state index in [1.165, 1.54) is 70.9 Å². The molecule has 2 aromatic heterocycles. The van der Waals surface area contributed by atoms with E-state index in [1.54, 1.807) is 11.3 Å². The smallest absolute Gasteiger partial charge is 0.160 e. The van der Waals surface area contributed by atoms with Gasteiger partial charge in [0.2, 0.25) is 0 Å². The van der Waals surface area contributed by atoms with E-state index < -0.39 is 0 Å². The lowest BCUT2D eigenvalue weighted by Gasteiger charge is -2.09. The summed E-state index contributed by atoms with van der Waals surface area (Å²) in [6.07, 6.45) is 0. The van der Waals surface area contributed by atoms with Crippen molar-refractivity contribution in [3.8, 4) is 56.0 Å². The summed E-state index contributed by atoms with van der Waals surface area (Å²) in [6.45, 7) is 10.4. The minimum Gasteiger partial charge on any atom is -0.226 e. The van der Waals surface area contributed by atoms with Crippen LogP contribution < -0.4 is 0 Å². The highest BCUT2D eigenvalue weighted by Crippen LogP contribution is 2.41. The molecule has 0 fully saturated rings. The van der Waals surface area contributed by atoms with Crippen LogP contribution in [0.1, 0.15) is 30.5 Å². The molecule has 10 rings (SSSR count). The molecule has 0 amide bonds. The second-order valence-electron chi connectivity index (χ2n) is 14.4. The predicted octanol–water partition coefficient (Wildman–Crippen LogP) is 16.0. The van der Waals surface area contributed by atoms with Gasteiger partial charge in [-0.2, -0.15) is 0 Å². The molecule has 0 saturated carbocycles. The Morgan fingerprint density at radius 1 is 0.397 bits per heavy atom. The Balaban J connectivity index is 0.000000247. The van der Waals surface area contributed by atoms with Crippen LogP contribution in [0.3, 0.4) is 0 Å². The van der Waals surface area contributed by atoms with E-state index in [2.05, 4.69) is 185 Å². The molecule has 0 spiro atoms. The molecule has 0 N–H and O–H groups in total. The number of rotatable bonds is 5. The van der Waals surface area contributed by atoms with Gasteiger partial charge in [0.25, 0.3) is 0 Å². The second-order valence-corrected chi connectivity index (χ2v) is 15.4. The van der Waals surface area contributed by atoms with Gasteiger partial charge in [0.1, 0.15) is 0 Å². The van der Waals surface area contributed by atoms with Gasteiger partial charge in [-0.15, -0.1) is 11.3 Å². The van der Waals surface area contributed by atoms with Crippen molar-refractivity contribution in [2.24, 2.45) is 0 Å². The van der Waals surface area contributed by atoms with Crippen LogP contribution in [0.2, 0.25) is 0 Å². The zero-order valence-corrected chi connectivity index (χ0v) is 34.5. The Morgan fingerprint density at radius 3 is 1.55 bits per heavy atom. The lowest BCUT2D eigenvalue weighted by atomic mass is 9.97. The molecule has 10 aromatic rings. The molecule has 2 heterocycles. The van der Waals surface area contributed by atoms with E-state index in [-0.39, 0.29) is 0 Å². The molecule has 0 unspecified atom stereocenters. The molecule has 0 aliphatic heterocycles. The van der Waals surface area contributed by atoms with Gasteiger partial charge >= 0.3 is 0 Å². The van der Waals surface area contributed by atoms with Crippen molar-refractivity contribution in [3.63, 3.8) is 0 Å². The molecule has 0 aliphatic carbocycles. The van der Waals surface area contributed by atoms with E-state index >= 15 is 0 Å². The van der Waals surface area contributed by atoms with Crippen LogP contribution in [0.15, 0.2) is 188 Å². The van der Waals surface area contributed by atoms with Gasteiger partial charge in [-0.3, -0.25) is 0 Å². The number of fused-ring (bicyclic) bond motifs is 4. The Labute approximate surface area is 346 Å². The fourth-order valence-electron chi connectivity index (χ4n) is 7.48. The average molecular weight is 767 g/mol. The summed E-state index contributed by atoms with van der Waals surface area (Å²) in [5.74, 6) is 0.747. The third-order valence-corrected chi connectivity index (χ3v) is 11.7. The van der Waals surface area contributed by atoms with Crippen LogP contribution in [-0.4, -0.2) is 9.97 Å². The molecule has 0 saturated heterocycles. The molecule has 0 radical (unpaired) electrons. The lowest BCUT2D eigenvalue weighted by Crippen LogP contribution is -1.93. The summed E-state index contributed by atoms with van der Waals surface area (Å²) >= 11 is 1.77. The zero-order valence-electron chi connectivity index (χ0n) is 33.7. The first-order chi connectivity index (χ1) is 28.5. The highest BCUT2D eigenvalue weighted by molar-refractivity contribution is 7.26. The summed E-state index contributed by atoms with van der Waals surface area (Å²) in [5.41, 5.74) is 15.5. The van der Waals surface area contributed by atoms with Gasteiger partial charge in [0.15, 0.2) is 5.82 Å². The van der Waals surface area contributed by atoms with E-state index in [4.69, 9.17) is 9.97 Å². The summed E-state index contributed by atoms with van der Waals surface area (Å²) < 4.78 is 2.33. The molecule has 0 aliphatic rings. The topological polar surface area (TPSA) is 25.8 Å². The van der Waals surface area contributed by atoms with E-state index in [0.717, 1.165) is 32.9 Å². The molecular formula is C55H46N2S. The maximum atomic E-state index is 5.18. The van der Waals surface area contributed by atoms with Crippen molar-refractivity contribution >= 4 is 42.4 Å². The Kier molecular flexibility index (Phi) is 11.3. The Hall–Kier alpha value is -6.68. The first-order valence-corrected chi connectivity index (χ1v) is 20.9. The predicted molar refractivity (Wildman–Crippen MR) is 252 cm³/mol. The van der Waals surface area contributed by atoms with Crippen molar-refractivity contribution in [1.82, 2.24) is 9.97 Å². The average Bonchev–Trinajstić information content (AvgIpc) is 3.66. The summed E-state index contributed by atoms with van der Waals surface area (Å²) in [5, 5.41) is 3.69. The van der Waals surface area contributed by atoms with Gasteiger partial charge in [0.05, 0.1) is 15.9 Å². The summed E-state index contributed by atoms with van der Waals surface area (Å²) in [7, 11) is 0. The Morgan fingerprint density at radius 2 is 0.897 bits per heavy atom. The largest absolute Gasteiger partial charge is 0.226 e. The van der Waals surface area contributed by atoms with Crippen molar-refractivity contribution in [1.29, 1.82) is 0 Å². The molecule has 3 heteroatoms. The van der Waals surface area contributed by atoms with Crippen LogP contribution in [0.4, 0.5) is 0 Å². The van der Waals surface area contributed by atoms with E-state index in [0.29, 0.717) is 0 Å². The van der Waals surface area contributed by atoms with Crippen LogP contribution in [0, 0.1) is 20.8 Å². The fourth-order valence-corrected chi connectivity index (χ4v) is 8.62. The first kappa shape index (κ1) is 38.2. The minimum atomic E-state index is 0.747. The van der Waals surface area contributed by atoms with Crippen molar-refractivity contribution < 1.29 is 0 Å².